The maximum Gasteiger partial charge on any atom is 0.125 e. The smallest absolute Gasteiger partial charge is 0.125 e. The van der Waals surface area contributed by atoms with E-state index < -0.39 is 0 Å². The Morgan fingerprint density at radius 2 is 1.90 bits per heavy atom. The molecule has 114 valence electrons. The summed E-state index contributed by atoms with van der Waals surface area (Å²) < 4.78 is 5.51. The van der Waals surface area contributed by atoms with Crippen molar-refractivity contribution >= 4 is 11.6 Å². The van der Waals surface area contributed by atoms with Gasteiger partial charge < -0.3 is 10.1 Å². The molecule has 0 aliphatic carbocycles. The van der Waals surface area contributed by atoms with E-state index in [0.717, 1.165) is 36.1 Å². The van der Waals surface area contributed by atoms with Crippen LogP contribution in [0.1, 0.15) is 58.1 Å². The zero-order valence-electron chi connectivity index (χ0n) is 13.2. The molecule has 1 N–H and O–H groups in total. The van der Waals surface area contributed by atoms with Gasteiger partial charge in [-0.25, -0.2) is 0 Å². The Morgan fingerprint density at radius 1 is 1.20 bits per heavy atom. The van der Waals surface area contributed by atoms with Crippen LogP contribution in [0.3, 0.4) is 0 Å². The molecule has 0 aliphatic heterocycles. The molecule has 0 aliphatic rings. The third kappa shape index (κ3) is 4.99. The summed E-state index contributed by atoms with van der Waals surface area (Å²) in [5.41, 5.74) is 1.22. The monoisotopic (exact) mass is 297 g/mol. The van der Waals surface area contributed by atoms with Crippen LogP contribution in [0.25, 0.3) is 0 Å². The van der Waals surface area contributed by atoms with Gasteiger partial charge in [-0.1, -0.05) is 51.3 Å². The highest BCUT2D eigenvalue weighted by Gasteiger charge is 2.19. The van der Waals surface area contributed by atoms with Crippen LogP contribution >= 0.6 is 11.6 Å². The minimum Gasteiger partial charge on any atom is -0.496 e. The summed E-state index contributed by atoms with van der Waals surface area (Å²) in [6.45, 7) is 7.76. The summed E-state index contributed by atoms with van der Waals surface area (Å²) in [6, 6.07) is 6.29. The van der Waals surface area contributed by atoms with E-state index in [-0.39, 0.29) is 0 Å². The predicted molar refractivity (Wildman–Crippen MR) is 87.7 cm³/mol. The SMILES string of the molecule is CCCNC(CC(CC)CC)c1ccc(Cl)cc1OC. The molecule has 0 bridgehead atoms. The van der Waals surface area contributed by atoms with Gasteiger partial charge >= 0.3 is 0 Å². The fourth-order valence-electron chi connectivity index (χ4n) is 2.57. The van der Waals surface area contributed by atoms with E-state index >= 15 is 0 Å². The van der Waals surface area contributed by atoms with Gasteiger partial charge in [0.05, 0.1) is 7.11 Å². The molecular formula is C17H28ClNO. The highest BCUT2D eigenvalue weighted by molar-refractivity contribution is 6.30. The zero-order valence-corrected chi connectivity index (χ0v) is 14.0. The molecule has 2 nitrogen and oxygen atoms in total. The van der Waals surface area contributed by atoms with E-state index in [2.05, 4.69) is 32.2 Å². The Balaban J connectivity index is 2.96. The van der Waals surface area contributed by atoms with Gasteiger partial charge in [0, 0.05) is 16.6 Å². The Morgan fingerprint density at radius 3 is 2.45 bits per heavy atom. The van der Waals surface area contributed by atoms with E-state index in [1.165, 1.54) is 18.4 Å². The minimum atomic E-state index is 0.340. The number of hydrogen-bond donors (Lipinski definition) is 1. The lowest BCUT2D eigenvalue weighted by atomic mass is 9.90. The summed E-state index contributed by atoms with van der Waals surface area (Å²) in [7, 11) is 1.71. The molecule has 0 saturated heterocycles. The molecule has 1 rings (SSSR count). The standard InChI is InChI=1S/C17H28ClNO/c1-5-10-19-16(11-13(6-2)7-3)15-9-8-14(18)12-17(15)20-4/h8-9,12-13,16,19H,5-7,10-11H2,1-4H3. The van der Waals surface area contributed by atoms with E-state index in [1.807, 2.05) is 12.1 Å². The molecule has 0 heterocycles. The van der Waals surface area contributed by atoms with Crippen molar-refractivity contribution in [2.24, 2.45) is 5.92 Å². The lowest BCUT2D eigenvalue weighted by Crippen LogP contribution is -2.25. The average Bonchev–Trinajstić information content (AvgIpc) is 2.48. The van der Waals surface area contributed by atoms with E-state index in [0.29, 0.717) is 6.04 Å². The Kier molecular flexibility index (Phi) is 8.01. The molecule has 0 spiro atoms. The number of hydrogen-bond acceptors (Lipinski definition) is 2. The Labute approximate surface area is 128 Å². The van der Waals surface area contributed by atoms with Gasteiger partial charge in [0.2, 0.25) is 0 Å². The Hall–Kier alpha value is -0.730. The van der Waals surface area contributed by atoms with Crippen LogP contribution in [0, 0.1) is 5.92 Å². The molecule has 0 radical (unpaired) electrons. The Bertz CT molecular complexity index is 391. The number of halogens is 1. The van der Waals surface area contributed by atoms with Gasteiger partial charge in [0.25, 0.3) is 0 Å². The summed E-state index contributed by atoms with van der Waals surface area (Å²) >= 11 is 6.06. The minimum absolute atomic E-state index is 0.340. The number of rotatable bonds is 9. The van der Waals surface area contributed by atoms with Crippen LogP contribution in [-0.4, -0.2) is 13.7 Å². The van der Waals surface area contributed by atoms with Gasteiger partial charge in [-0.2, -0.15) is 0 Å². The maximum absolute atomic E-state index is 6.06. The van der Waals surface area contributed by atoms with Crippen molar-refractivity contribution < 1.29 is 4.74 Å². The maximum atomic E-state index is 6.06. The van der Waals surface area contributed by atoms with Crippen molar-refractivity contribution in [3.05, 3.63) is 28.8 Å². The first-order chi connectivity index (χ1) is 9.65. The van der Waals surface area contributed by atoms with Gasteiger partial charge in [-0.15, -0.1) is 0 Å². The second kappa shape index (κ2) is 9.25. The molecule has 1 aromatic rings. The third-order valence-electron chi connectivity index (χ3n) is 3.94. The quantitative estimate of drug-likeness (QED) is 0.675. The van der Waals surface area contributed by atoms with Crippen LogP contribution in [0.4, 0.5) is 0 Å². The normalized spacial score (nSPS) is 12.7. The molecule has 0 aromatic heterocycles. The van der Waals surface area contributed by atoms with Crippen molar-refractivity contribution in [3.63, 3.8) is 0 Å². The molecule has 0 fully saturated rings. The topological polar surface area (TPSA) is 21.3 Å². The van der Waals surface area contributed by atoms with Gasteiger partial charge in [0.15, 0.2) is 0 Å². The van der Waals surface area contributed by atoms with Crippen LogP contribution in [0.15, 0.2) is 18.2 Å². The summed E-state index contributed by atoms with van der Waals surface area (Å²) in [6.07, 6.45) is 4.72. The molecule has 1 aromatic carbocycles. The first kappa shape index (κ1) is 17.3. The second-order valence-corrected chi connectivity index (χ2v) is 5.75. The van der Waals surface area contributed by atoms with Crippen LogP contribution in [-0.2, 0) is 0 Å². The first-order valence-electron chi connectivity index (χ1n) is 7.72. The molecule has 0 amide bonds. The molecule has 20 heavy (non-hydrogen) atoms. The number of ether oxygens (including phenoxy) is 1. The van der Waals surface area contributed by atoms with E-state index in [9.17, 15) is 0 Å². The van der Waals surface area contributed by atoms with Crippen molar-refractivity contribution in [1.82, 2.24) is 5.32 Å². The zero-order chi connectivity index (χ0) is 15.0. The molecular weight excluding hydrogens is 270 g/mol. The van der Waals surface area contributed by atoms with Gasteiger partial charge in [0.1, 0.15) is 5.75 Å². The lowest BCUT2D eigenvalue weighted by molar-refractivity contribution is 0.353. The van der Waals surface area contributed by atoms with Crippen LogP contribution in [0.2, 0.25) is 5.02 Å². The van der Waals surface area contributed by atoms with Crippen molar-refractivity contribution in [2.75, 3.05) is 13.7 Å². The summed E-state index contributed by atoms with van der Waals surface area (Å²) in [5.74, 6) is 1.63. The van der Waals surface area contributed by atoms with E-state index in [4.69, 9.17) is 16.3 Å². The molecule has 1 unspecified atom stereocenters. The molecule has 1 atom stereocenters. The predicted octanol–water partition coefficient (Wildman–Crippen LogP) is 5.22. The fourth-order valence-corrected chi connectivity index (χ4v) is 2.73. The first-order valence-corrected chi connectivity index (χ1v) is 8.10. The third-order valence-corrected chi connectivity index (χ3v) is 4.17. The number of nitrogens with one attached hydrogen (secondary N) is 1. The fraction of sp³-hybridized carbons (Fsp3) is 0.647. The molecule has 3 heteroatoms. The number of benzene rings is 1. The highest BCUT2D eigenvalue weighted by atomic mass is 35.5. The largest absolute Gasteiger partial charge is 0.496 e. The summed E-state index contributed by atoms with van der Waals surface area (Å²) in [5, 5.41) is 4.38. The van der Waals surface area contributed by atoms with Crippen molar-refractivity contribution in [1.29, 1.82) is 0 Å². The lowest BCUT2D eigenvalue weighted by Gasteiger charge is -2.25. The van der Waals surface area contributed by atoms with Crippen molar-refractivity contribution in [3.8, 4) is 5.75 Å². The van der Waals surface area contributed by atoms with Gasteiger partial charge in [-0.05, 0) is 37.4 Å². The van der Waals surface area contributed by atoms with Crippen LogP contribution in [0.5, 0.6) is 5.75 Å². The summed E-state index contributed by atoms with van der Waals surface area (Å²) in [4.78, 5) is 0. The van der Waals surface area contributed by atoms with E-state index in [1.54, 1.807) is 7.11 Å². The van der Waals surface area contributed by atoms with Gasteiger partial charge in [-0.3, -0.25) is 0 Å². The average molecular weight is 298 g/mol. The van der Waals surface area contributed by atoms with Crippen molar-refractivity contribution in [2.45, 2.75) is 52.5 Å². The highest BCUT2D eigenvalue weighted by Crippen LogP contribution is 2.33. The number of methoxy groups -OCH3 is 1. The van der Waals surface area contributed by atoms with Crippen LogP contribution < -0.4 is 10.1 Å². The molecule has 0 saturated carbocycles. The second-order valence-electron chi connectivity index (χ2n) is 5.31.